The van der Waals surface area contributed by atoms with E-state index in [0.29, 0.717) is 6.42 Å². The molecule has 5 nitrogen and oxygen atoms in total. The summed E-state index contributed by atoms with van der Waals surface area (Å²) in [5, 5.41) is 0. The summed E-state index contributed by atoms with van der Waals surface area (Å²) in [5.41, 5.74) is 11.2. The second-order valence-electron chi connectivity index (χ2n) is 4.04. The predicted octanol–water partition coefficient (Wildman–Crippen LogP) is 0.510. The average Bonchev–Trinajstić information content (AvgIpc) is 2.33. The fourth-order valence-electron chi connectivity index (χ4n) is 1.09. The number of thioether (sulfide) groups is 1. The first-order chi connectivity index (χ1) is 7.93. The lowest BCUT2D eigenvalue weighted by atomic mass is 10.0. The lowest BCUT2D eigenvalue weighted by molar-refractivity contribution is -0.162. The third kappa shape index (κ3) is 6.05. The highest BCUT2D eigenvalue weighted by Crippen LogP contribution is 2.08. The molecule has 17 heavy (non-hydrogen) atoms. The zero-order chi connectivity index (χ0) is 13.4. The van der Waals surface area contributed by atoms with Crippen LogP contribution in [-0.4, -0.2) is 36.0 Å². The molecule has 0 aromatic heterocycles. The SMILES string of the molecule is CC[C@H](C)[C@H](N)C(=O)OC(=O)[C@@H](N)CCSC. The Bertz CT molecular complexity index is 261. The van der Waals surface area contributed by atoms with Crippen LogP contribution < -0.4 is 11.5 Å². The number of hydrogen-bond acceptors (Lipinski definition) is 6. The Morgan fingerprint density at radius 1 is 1.29 bits per heavy atom. The molecule has 4 N–H and O–H groups in total. The molecule has 0 aliphatic rings. The minimum absolute atomic E-state index is 0.0160. The van der Waals surface area contributed by atoms with Gasteiger partial charge in [0, 0.05) is 0 Å². The highest BCUT2D eigenvalue weighted by molar-refractivity contribution is 7.98. The van der Waals surface area contributed by atoms with E-state index in [0.717, 1.165) is 12.2 Å². The Morgan fingerprint density at radius 2 is 1.88 bits per heavy atom. The molecule has 0 radical (unpaired) electrons. The van der Waals surface area contributed by atoms with Gasteiger partial charge in [-0.3, -0.25) is 0 Å². The fourth-order valence-corrected chi connectivity index (χ4v) is 1.58. The fraction of sp³-hybridized carbons (Fsp3) is 0.818. The summed E-state index contributed by atoms with van der Waals surface area (Å²) in [6.07, 6.45) is 3.16. The topological polar surface area (TPSA) is 95.4 Å². The largest absolute Gasteiger partial charge is 0.391 e. The van der Waals surface area contributed by atoms with Crippen molar-refractivity contribution in [2.75, 3.05) is 12.0 Å². The molecule has 6 heteroatoms. The molecule has 0 saturated heterocycles. The van der Waals surface area contributed by atoms with E-state index in [-0.39, 0.29) is 5.92 Å². The number of carbonyl (C=O) groups is 2. The minimum atomic E-state index is -0.767. The van der Waals surface area contributed by atoms with Gasteiger partial charge in [0.15, 0.2) is 0 Å². The van der Waals surface area contributed by atoms with E-state index in [1.54, 1.807) is 11.8 Å². The number of ether oxygens (including phenoxy) is 1. The zero-order valence-corrected chi connectivity index (χ0v) is 11.5. The van der Waals surface area contributed by atoms with Crippen LogP contribution in [-0.2, 0) is 14.3 Å². The van der Waals surface area contributed by atoms with Crippen molar-refractivity contribution in [1.29, 1.82) is 0 Å². The molecule has 0 unspecified atom stereocenters. The van der Waals surface area contributed by atoms with Gasteiger partial charge in [0.2, 0.25) is 0 Å². The number of nitrogens with two attached hydrogens (primary N) is 2. The molecule has 0 amide bonds. The molecule has 3 atom stereocenters. The predicted molar refractivity (Wildman–Crippen MR) is 69.5 cm³/mol. The van der Waals surface area contributed by atoms with E-state index in [9.17, 15) is 9.59 Å². The second kappa shape index (κ2) is 8.49. The quantitative estimate of drug-likeness (QED) is 0.513. The Labute approximate surface area is 107 Å². The lowest BCUT2D eigenvalue weighted by Gasteiger charge is -2.17. The third-order valence-corrected chi connectivity index (χ3v) is 3.31. The van der Waals surface area contributed by atoms with Crippen molar-refractivity contribution in [1.82, 2.24) is 0 Å². The molecule has 0 fully saturated rings. The Hall–Kier alpha value is -0.590. The summed E-state index contributed by atoms with van der Waals surface area (Å²) in [5.74, 6) is -0.647. The molecule has 100 valence electrons. The van der Waals surface area contributed by atoms with Crippen LogP contribution >= 0.6 is 11.8 Å². The van der Waals surface area contributed by atoms with Gasteiger partial charge in [0.05, 0.1) is 0 Å². The van der Waals surface area contributed by atoms with Gasteiger partial charge in [0.25, 0.3) is 0 Å². The Morgan fingerprint density at radius 3 is 2.35 bits per heavy atom. The monoisotopic (exact) mass is 262 g/mol. The van der Waals surface area contributed by atoms with Crippen LogP contribution in [0.15, 0.2) is 0 Å². The molecule has 0 heterocycles. The Kier molecular flexibility index (Phi) is 8.20. The smallest absolute Gasteiger partial charge is 0.330 e. The minimum Gasteiger partial charge on any atom is -0.391 e. The third-order valence-electron chi connectivity index (χ3n) is 2.67. The molecular weight excluding hydrogens is 240 g/mol. The number of carbonyl (C=O) groups excluding carboxylic acids is 2. The second-order valence-corrected chi connectivity index (χ2v) is 5.03. The van der Waals surface area contributed by atoms with Gasteiger partial charge in [-0.2, -0.15) is 11.8 Å². The van der Waals surface area contributed by atoms with Crippen LogP contribution in [0.3, 0.4) is 0 Å². The van der Waals surface area contributed by atoms with Gasteiger partial charge in [-0.15, -0.1) is 0 Å². The molecule has 0 aliphatic heterocycles. The summed E-state index contributed by atoms with van der Waals surface area (Å²) >= 11 is 1.58. The van der Waals surface area contributed by atoms with E-state index in [1.807, 2.05) is 20.1 Å². The van der Waals surface area contributed by atoms with Crippen LogP contribution in [0.5, 0.6) is 0 Å². The maximum absolute atomic E-state index is 11.5. The Balaban J connectivity index is 4.15. The van der Waals surface area contributed by atoms with Crippen molar-refractivity contribution in [3.8, 4) is 0 Å². The van der Waals surface area contributed by atoms with Gasteiger partial charge in [-0.05, 0) is 24.3 Å². The van der Waals surface area contributed by atoms with Crippen molar-refractivity contribution < 1.29 is 14.3 Å². The van der Waals surface area contributed by atoms with Crippen molar-refractivity contribution in [2.45, 2.75) is 38.8 Å². The summed E-state index contributed by atoms with van der Waals surface area (Å²) in [7, 11) is 0. The molecule has 0 aromatic rings. The van der Waals surface area contributed by atoms with Crippen molar-refractivity contribution >= 4 is 23.7 Å². The molecule has 0 aliphatic carbocycles. The van der Waals surface area contributed by atoms with Gasteiger partial charge < -0.3 is 16.2 Å². The van der Waals surface area contributed by atoms with Gasteiger partial charge in [0.1, 0.15) is 12.1 Å². The standard InChI is InChI=1S/C11H22N2O3S/c1-4-7(2)9(13)11(15)16-10(14)8(12)5-6-17-3/h7-9H,4-6,12-13H2,1-3H3/t7-,8-,9-/m0/s1. The summed E-state index contributed by atoms with van der Waals surface area (Å²) in [4.78, 5) is 22.9. The van der Waals surface area contributed by atoms with Crippen LogP contribution in [0.25, 0.3) is 0 Å². The van der Waals surface area contributed by atoms with Gasteiger partial charge >= 0.3 is 11.9 Å². The highest BCUT2D eigenvalue weighted by Gasteiger charge is 2.25. The van der Waals surface area contributed by atoms with Crippen LogP contribution in [0.1, 0.15) is 26.7 Å². The van der Waals surface area contributed by atoms with Gasteiger partial charge in [-0.1, -0.05) is 20.3 Å². The normalized spacial score (nSPS) is 16.1. The van der Waals surface area contributed by atoms with Crippen molar-refractivity contribution in [3.63, 3.8) is 0 Å². The maximum Gasteiger partial charge on any atom is 0.330 e. The molecule has 0 spiro atoms. The van der Waals surface area contributed by atoms with Crippen LogP contribution in [0, 0.1) is 5.92 Å². The van der Waals surface area contributed by atoms with E-state index in [4.69, 9.17) is 11.5 Å². The average molecular weight is 262 g/mol. The zero-order valence-electron chi connectivity index (χ0n) is 10.6. The molecule has 0 aromatic carbocycles. The number of hydrogen-bond donors (Lipinski definition) is 2. The number of rotatable bonds is 7. The van der Waals surface area contributed by atoms with E-state index in [2.05, 4.69) is 4.74 Å². The summed E-state index contributed by atoms with van der Waals surface area (Å²) in [6.45, 7) is 3.76. The first kappa shape index (κ1) is 16.4. The van der Waals surface area contributed by atoms with E-state index in [1.165, 1.54) is 0 Å². The van der Waals surface area contributed by atoms with Crippen molar-refractivity contribution in [2.24, 2.45) is 17.4 Å². The first-order valence-corrected chi connectivity index (χ1v) is 7.09. The number of esters is 2. The van der Waals surface area contributed by atoms with Crippen LogP contribution in [0.4, 0.5) is 0 Å². The summed E-state index contributed by atoms with van der Waals surface area (Å²) < 4.78 is 4.66. The maximum atomic E-state index is 11.5. The molecule has 0 saturated carbocycles. The summed E-state index contributed by atoms with van der Waals surface area (Å²) in [6, 6.07) is -1.52. The van der Waals surface area contributed by atoms with E-state index >= 15 is 0 Å². The molecular formula is C11H22N2O3S. The van der Waals surface area contributed by atoms with Crippen molar-refractivity contribution in [3.05, 3.63) is 0 Å². The van der Waals surface area contributed by atoms with Crippen LogP contribution in [0.2, 0.25) is 0 Å². The lowest BCUT2D eigenvalue weighted by Crippen LogP contribution is -2.42. The molecule has 0 rings (SSSR count). The van der Waals surface area contributed by atoms with E-state index < -0.39 is 24.0 Å². The van der Waals surface area contributed by atoms with Gasteiger partial charge in [-0.25, -0.2) is 9.59 Å². The highest BCUT2D eigenvalue weighted by atomic mass is 32.2. The molecule has 0 bridgehead atoms. The first-order valence-electron chi connectivity index (χ1n) is 5.69.